The summed E-state index contributed by atoms with van der Waals surface area (Å²) in [6.45, 7) is 1.08. The van der Waals surface area contributed by atoms with Crippen LogP contribution in [0.15, 0.2) is 24.4 Å². The predicted molar refractivity (Wildman–Crippen MR) is 47.1 cm³/mol. The van der Waals surface area contributed by atoms with Crippen LogP contribution in [0.2, 0.25) is 0 Å². The van der Waals surface area contributed by atoms with Gasteiger partial charge in [0, 0.05) is 13.1 Å². The lowest BCUT2D eigenvalue weighted by molar-refractivity contribution is -0.134. The van der Waals surface area contributed by atoms with Crippen molar-refractivity contribution in [1.29, 1.82) is 0 Å². The Labute approximate surface area is 76.0 Å². The summed E-state index contributed by atoms with van der Waals surface area (Å²) in [5.74, 6) is -0.332. The highest BCUT2D eigenvalue weighted by Crippen LogP contribution is 1.95. The van der Waals surface area contributed by atoms with Gasteiger partial charge < -0.3 is 5.11 Å². The molecule has 0 amide bonds. The second-order valence-electron chi connectivity index (χ2n) is 1.97. The molecular weight excluding hydrogens is 178 g/mol. The molecule has 0 bridgehead atoms. The Morgan fingerprint density at radius 3 is 2.50 bits per heavy atom. The van der Waals surface area contributed by atoms with Crippen LogP contribution >= 0.6 is 11.6 Å². The lowest BCUT2D eigenvalue weighted by Gasteiger charge is -1.87. The summed E-state index contributed by atoms with van der Waals surface area (Å²) in [7, 11) is 0. The number of aliphatic carboxylic acids is 1. The first kappa shape index (κ1) is 10.9. The lowest BCUT2D eigenvalue weighted by atomic mass is 10.4. The first-order chi connectivity index (χ1) is 5.66. The minimum Gasteiger partial charge on any atom is -0.481 e. The van der Waals surface area contributed by atoms with Crippen molar-refractivity contribution in [2.24, 2.45) is 0 Å². The normalized spacial score (nSPS) is 8.17. The summed E-state index contributed by atoms with van der Waals surface area (Å²) >= 11 is 5.46. The van der Waals surface area contributed by atoms with Crippen molar-refractivity contribution in [2.75, 3.05) is 0 Å². The molecule has 1 aromatic heterocycles. The van der Waals surface area contributed by atoms with Gasteiger partial charge in [0.2, 0.25) is 0 Å². The smallest absolute Gasteiger partial charge is 0.300 e. The van der Waals surface area contributed by atoms with Crippen molar-refractivity contribution in [3.63, 3.8) is 0 Å². The van der Waals surface area contributed by atoms with E-state index in [1.807, 2.05) is 18.2 Å². The number of hydrogen-bond donors (Lipinski definition) is 1. The molecule has 0 aliphatic heterocycles. The van der Waals surface area contributed by atoms with E-state index in [1.54, 1.807) is 6.20 Å². The highest BCUT2D eigenvalue weighted by molar-refractivity contribution is 6.16. The molecular formula is C8H10ClNO2. The molecule has 1 heterocycles. The summed E-state index contributed by atoms with van der Waals surface area (Å²) in [6, 6.07) is 5.69. The van der Waals surface area contributed by atoms with Gasteiger partial charge in [0.15, 0.2) is 0 Å². The highest BCUT2D eigenvalue weighted by Gasteiger charge is 1.83. The third kappa shape index (κ3) is 7.02. The molecule has 0 atom stereocenters. The molecule has 0 aliphatic carbocycles. The van der Waals surface area contributed by atoms with E-state index in [1.165, 1.54) is 0 Å². The zero-order chi connectivity index (χ0) is 9.40. The van der Waals surface area contributed by atoms with Crippen LogP contribution in [0.5, 0.6) is 0 Å². The van der Waals surface area contributed by atoms with Gasteiger partial charge in [-0.2, -0.15) is 0 Å². The number of aromatic nitrogens is 1. The molecule has 0 aliphatic rings. The van der Waals surface area contributed by atoms with Gasteiger partial charge in [0.25, 0.3) is 5.97 Å². The van der Waals surface area contributed by atoms with Crippen molar-refractivity contribution in [2.45, 2.75) is 12.8 Å². The third-order valence-electron chi connectivity index (χ3n) is 0.863. The topological polar surface area (TPSA) is 50.2 Å². The summed E-state index contributed by atoms with van der Waals surface area (Å²) in [5, 5.41) is 7.42. The number of nitrogens with zero attached hydrogens (tertiary/aromatic N) is 1. The number of alkyl halides is 1. The standard InChI is InChI=1S/C6H6ClN.C2H4O2/c7-5-6-3-1-2-4-8-6;1-2(3)4/h1-4H,5H2;1H3,(H,3,4). The number of rotatable bonds is 1. The fraction of sp³-hybridized carbons (Fsp3) is 0.250. The Bertz CT molecular complexity index is 222. The molecule has 0 unspecified atom stereocenters. The minimum atomic E-state index is -0.833. The SMILES string of the molecule is CC(=O)O.ClCc1ccccn1. The Morgan fingerprint density at radius 2 is 2.25 bits per heavy atom. The minimum absolute atomic E-state index is 0.501. The van der Waals surface area contributed by atoms with Gasteiger partial charge in [0.05, 0.1) is 11.6 Å². The van der Waals surface area contributed by atoms with Gasteiger partial charge in [-0.15, -0.1) is 11.6 Å². The van der Waals surface area contributed by atoms with Crippen LogP contribution in [0.4, 0.5) is 0 Å². The van der Waals surface area contributed by atoms with Crippen LogP contribution in [0.1, 0.15) is 12.6 Å². The molecule has 4 heteroatoms. The fourth-order valence-electron chi connectivity index (χ4n) is 0.477. The first-order valence-corrected chi connectivity index (χ1v) is 3.85. The molecule has 12 heavy (non-hydrogen) atoms. The van der Waals surface area contributed by atoms with Crippen LogP contribution in [0.25, 0.3) is 0 Å². The average molecular weight is 188 g/mol. The van der Waals surface area contributed by atoms with Crippen molar-refractivity contribution in [1.82, 2.24) is 4.98 Å². The monoisotopic (exact) mass is 187 g/mol. The predicted octanol–water partition coefficient (Wildman–Crippen LogP) is 1.91. The Balaban J connectivity index is 0.000000261. The van der Waals surface area contributed by atoms with Crippen molar-refractivity contribution < 1.29 is 9.90 Å². The maximum Gasteiger partial charge on any atom is 0.300 e. The number of hydrogen-bond acceptors (Lipinski definition) is 2. The first-order valence-electron chi connectivity index (χ1n) is 3.32. The molecule has 1 aromatic rings. The molecule has 1 N–H and O–H groups in total. The molecule has 66 valence electrons. The van der Waals surface area contributed by atoms with Crippen LogP contribution < -0.4 is 0 Å². The zero-order valence-corrected chi connectivity index (χ0v) is 7.45. The number of carboxylic acid groups (broad SMARTS) is 1. The van der Waals surface area contributed by atoms with Crippen molar-refractivity contribution in [3.05, 3.63) is 30.1 Å². The van der Waals surface area contributed by atoms with Gasteiger partial charge in [-0.05, 0) is 12.1 Å². The van der Waals surface area contributed by atoms with E-state index in [9.17, 15) is 0 Å². The molecule has 1 rings (SSSR count). The number of halogens is 1. The summed E-state index contributed by atoms with van der Waals surface area (Å²) in [6.07, 6.45) is 1.73. The Hall–Kier alpha value is -1.09. The lowest BCUT2D eigenvalue weighted by Crippen LogP contribution is -1.79. The number of pyridine rings is 1. The average Bonchev–Trinajstić information content (AvgIpc) is 2.05. The maximum atomic E-state index is 9.00. The van der Waals surface area contributed by atoms with E-state index < -0.39 is 5.97 Å². The van der Waals surface area contributed by atoms with E-state index in [-0.39, 0.29) is 0 Å². The molecule has 0 radical (unpaired) electrons. The largest absolute Gasteiger partial charge is 0.481 e. The summed E-state index contributed by atoms with van der Waals surface area (Å²) < 4.78 is 0. The fourth-order valence-corrected chi connectivity index (χ4v) is 0.635. The van der Waals surface area contributed by atoms with Crippen LogP contribution in [0, 0.1) is 0 Å². The Kier molecular flexibility index (Phi) is 6.01. The van der Waals surface area contributed by atoms with E-state index >= 15 is 0 Å². The quantitative estimate of drug-likeness (QED) is 0.684. The molecule has 0 spiro atoms. The van der Waals surface area contributed by atoms with E-state index in [0.717, 1.165) is 12.6 Å². The summed E-state index contributed by atoms with van der Waals surface area (Å²) in [5.41, 5.74) is 0.925. The Morgan fingerprint density at radius 1 is 1.67 bits per heavy atom. The van der Waals surface area contributed by atoms with Crippen molar-refractivity contribution >= 4 is 17.6 Å². The van der Waals surface area contributed by atoms with Gasteiger partial charge in [-0.1, -0.05) is 6.07 Å². The van der Waals surface area contributed by atoms with E-state index in [2.05, 4.69) is 4.98 Å². The van der Waals surface area contributed by atoms with Gasteiger partial charge in [-0.3, -0.25) is 9.78 Å². The second kappa shape index (κ2) is 6.61. The maximum absolute atomic E-state index is 9.00. The summed E-state index contributed by atoms with van der Waals surface area (Å²) in [4.78, 5) is 13.0. The van der Waals surface area contributed by atoms with Crippen molar-refractivity contribution in [3.8, 4) is 0 Å². The number of carboxylic acids is 1. The second-order valence-corrected chi connectivity index (χ2v) is 2.24. The van der Waals surface area contributed by atoms with Gasteiger partial charge in [-0.25, -0.2) is 0 Å². The van der Waals surface area contributed by atoms with E-state index in [4.69, 9.17) is 21.5 Å². The molecule has 0 fully saturated rings. The molecule has 3 nitrogen and oxygen atoms in total. The van der Waals surface area contributed by atoms with Gasteiger partial charge >= 0.3 is 0 Å². The van der Waals surface area contributed by atoms with Crippen LogP contribution in [0.3, 0.4) is 0 Å². The highest BCUT2D eigenvalue weighted by atomic mass is 35.5. The molecule has 0 aromatic carbocycles. The third-order valence-corrected chi connectivity index (χ3v) is 1.14. The van der Waals surface area contributed by atoms with Crippen LogP contribution in [-0.2, 0) is 10.7 Å². The zero-order valence-electron chi connectivity index (χ0n) is 6.70. The number of carbonyl (C=O) groups is 1. The van der Waals surface area contributed by atoms with E-state index in [0.29, 0.717) is 5.88 Å². The van der Waals surface area contributed by atoms with Crippen LogP contribution in [-0.4, -0.2) is 16.1 Å². The molecule has 0 saturated heterocycles. The van der Waals surface area contributed by atoms with Gasteiger partial charge in [0.1, 0.15) is 0 Å². The molecule has 0 saturated carbocycles.